The van der Waals surface area contributed by atoms with Crippen molar-refractivity contribution in [1.82, 2.24) is 4.90 Å². The maximum absolute atomic E-state index is 13.0. The number of anilines is 2. The third kappa shape index (κ3) is 4.25. The molecule has 29 heavy (non-hydrogen) atoms. The summed E-state index contributed by atoms with van der Waals surface area (Å²) in [6.07, 6.45) is 4.65. The Labute approximate surface area is 173 Å². The summed E-state index contributed by atoms with van der Waals surface area (Å²) in [6, 6.07) is 14.3. The molecular weight excluding hydrogens is 362 g/mol. The van der Waals surface area contributed by atoms with Crippen LogP contribution in [0.15, 0.2) is 42.5 Å². The van der Waals surface area contributed by atoms with Gasteiger partial charge < -0.3 is 15.0 Å². The van der Waals surface area contributed by atoms with Crippen LogP contribution in [0.4, 0.5) is 11.4 Å². The van der Waals surface area contributed by atoms with Crippen molar-refractivity contribution >= 4 is 17.3 Å². The molecule has 0 aromatic heterocycles. The van der Waals surface area contributed by atoms with Crippen molar-refractivity contribution in [2.24, 2.45) is 0 Å². The zero-order valence-electron chi connectivity index (χ0n) is 17.5. The van der Waals surface area contributed by atoms with E-state index in [1.165, 1.54) is 24.0 Å². The molecule has 2 aromatic carbocycles. The number of hydrogen-bond acceptors (Lipinski definition) is 4. The molecule has 5 nitrogen and oxygen atoms in total. The monoisotopic (exact) mass is 393 g/mol. The summed E-state index contributed by atoms with van der Waals surface area (Å²) in [5, 5.41) is 3.21. The molecule has 2 aliphatic rings. The molecule has 1 fully saturated rings. The summed E-state index contributed by atoms with van der Waals surface area (Å²) in [5.41, 5.74) is 4.86. The number of ether oxygens (including phenoxy) is 1. The Bertz CT molecular complexity index is 859. The number of aryl methyl sites for hydroxylation is 1. The number of hydrogen-bond donors (Lipinski definition) is 1. The largest absolute Gasteiger partial charge is 0.495 e. The molecule has 2 aromatic rings. The van der Waals surface area contributed by atoms with Crippen molar-refractivity contribution in [2.75, 3.05) is 43.5 Å². The van der Waals surface area contributed by atoms with E-state index >= 15 is 0 Å². The van der Waals surface area contributed by atoms with Gasteiger partial charge in [0.25, 0.3) is 0 Å². The van der Waals surface area contributed by atoms with Crippen molar-refractivity contribution in [3.63, 3.8) is 0 Å². The summed E-state index contributed by atoms with van der Waals surface area (Å²) in [6.45, 7) is 5.51. The number of nitrogens with one attached hydrogen (secondary N) is 1. The van der Waals surface area contributed by atoms with E-state index in [2.05, 4.69) is 33.3 Å². The average Bonchev–Trinajstić information content (AvgIpc) is 2.79. The first-order valence-corrected chi connectivity index (χ1v) is 10.7. The number of fused-ring (bicyclic) bond motifs is 1. The summed E-state index contributed by atoms with van der Waals surface area (Å²) in [7, 11) is 1.71. The fourth-order valence-corrected chi connectivity index (χ4v) is 4.54. The Hall–Kier alpha value is -2.53. The maximum Gasteiger partial charge on any atom is 0.241 e. The van der Waals surface area contributed by atoms with Crippen LogP contribution in [-0.2, 0) is 17.6 Å². The molecule has 1 N–H and O–H groups in total. The number of carbonyl (C=O) groups excluding carboxylic acids is 1. The van der Waals surface area contributed by atoms with Crippen LogP contribution >= 0.6 is 0 Å². The fourth-order valence-electron chi connectivity index (χ4n) is 4.54. The Kier molecular flexibility index (Phi) is 6.05. The van der Waals surface area contributed by atoms with Crippen LogP contribution in [0.1, 0.15) is 30.9 Å². The van der Waals surface area contributed by atoms with Crippen LogP contribution < -0.4 is 15.0 Å². The molecule has 1 saturated heterocycles. The van der Waals surface area contributed by atoms with E-state index in [0.29, 0.717) is 0 Å². The van der Waals surface area contributed by atoms with Crippen LogP contribution in [0.3, 0.4) is 0 Å². The van der Waals surface area contributed by atoms with Crippen molar-refractivity contribution < 1.29 is 9.53 Å². The second-order valence-corrected chi connectivity index (χ2v) is 8.01. The molecule has 1 amide bonds. The van der Waals surface area contributed by atoms with Gasteiger partial charge in [0.2, 0.25) is 5.91 Å². The third-order valence-electron chi connectivity index (χ3n) is 6.32. The van der Waals surface area contributed by atoms with Gasteiger partial charge in [0.15, 0.2) is 0 Å². The van der Waals surface area contributed by atoms with Crippen molar-refractivity contribution in [1.29, 1.82) is 0 Å². The number of piperazine rings is 1. The van der Waals surface area contributed by atoms with Gasteiger partial charge >= 0.3 is 0 Å². The fraction of sp³-hybridized carbons (Fsp3) is 0.458. The minimum atomic E-state index is -0.144. The molecule has 1 unspecified atom stereocenters. The Morgan fingerprint density at radius 3 is 2.55 bits per heavy atom. The van der Waals surface area contributed by atoms with Crippen LogP contribution in [0.5, 0.6) is 5.75 Å². The maximum atomic E-state index is 13.0. The minimum absolute atomic E-state index is 0.0923. The smallest absolute Gasteiger partial charge is 0.241 e. The zero-order valence-corrected chi connectivity index (χ0v) is 17.5. The highest BCUT2D eigenvalue weighted by molar-refractivity contribution is 5.95. The topological polar surface area (TPSA) is 44.8 Å². The number of methoxy groups -OCH3 is 1. The summed E-state index contributed by atoms with van der Waals surface area (Å²) < 4.78 is 5.50. The van der Waals surface area contributed by atoms with Gasteiger partial charge in [-0.3, -0.25) is 9.69 Å². The van der Waals surface area contributed by atoms with E-state index in [9.17, 15) is 4.79 Å². The lowest BCUT2D eigenvalue weighted by molar-refractivity contribution is -0.120. The van der Waals surface area contributed by atoms with Gasteiger partial charge in [-0.1, -0.05) is 24.3 Å². The van der Waals surface area contributed by atoms with Crippen LogP contribution in [0.25, 0.3) is 0 Å². The quantitative estimate of drug-likeness (QED) is 0.841. The van der Waals surface area contributed by atoms with Gasteiger partial charge in [-0.15, -0.1) is 0 Å². The Balaban J connectivity index is 1.37. The SMILES string of the molecule is COc1ccccc1N1CCN(C(C)C(=O)Nc2cccc3c2CCCC3)CC1. The molecule has 1 atom stereocenters. The molecule has 0 spiro atoms. The number of carbonyl (C=O) groups is 1. The van der Waals surface area contributed by atoms with Crippen molar-refractivity contribution in [2.45, 2.75) is 38.6 Å². The second kappa shape index (κ2) is 8.87. The number of rotatable bonds is 5. The predicted octanol–water partition coefficient (Wildman–Crippen LogP) is 3.72. The molecule has 1 aliphatic heterocycles. The molecule has 0 radical (unpaired) electrons. The first-order valence-electron chi connectivity index (χ1n) is 10.7. The first-order chi connectivity index (χ1) is 14.2. The molecule has 154 valence electrons. The van der Waals surface area contributed by atoms with E-state index in [-0.39, 0.29) is 11.9 Å². The zero-order chi connectivity index (χ0) is 20.2. The Morgan fingerprint density at radius 2 is 1.76 bits per heavy atom. The lowest BCUT2D eigenvalue weighted by atomic mass is 9.90. The highest BCUT2D eigenvalue weighted by Gasteiger charge is 2.27. The predicted molar refractivity (Wildman–Crippen MR) is 118 cm³/mol. The van der Waals surface area contributed by atoms with Crippen molar-refractivity contribution in [3.8, 4) is 5.75 Å². The van der Waals surface area contributed by atoms with Gasteiger partial charge in [0, 0.05) is 31.9 Å². The van der Waals surface area contributed by atoms with Gasteiger partial charge in [-0.25, -0.2) is 0 Å². The Morgan fingerprint density at radius 1 is 1.00 bits per heavy atom. The molecule has 4 rings (SSSR count). The number of nitrogens with zero attached hydrogens (tertiary/aromatic N) is 2. The average molecular weight is 394 g/mol. The van der Waals surface area contributed by atoms with Crippen LogP contribution in [-0.4, -0.2) is 50.1 Å². The lowest BCUT2D eigenvalue weighted by Crippen LogP contribution is -2.53. The van der Waals surface area contributed by atoms with Gasteiger partial charge in [-0.2, -0.15) is 0 Å². The molecule has 1 aliphatic carbocycles. The number of benzene rings is 2. The summed E-state index contributed by atoms with van der Waals surface area (Å²) in [4.78, 5) is 17.6. The van der Waals surface area contributed by atoms with Gasteiger partial charge in [0.1, 0.15) is 5.75 Å². The molecule has 5 heteroatoms. The lowest BCUT2D eigenvalue weighted by Gasteiger charge is -2.39. The minimum Gasteiger partial charge on any atom is -0.495 e. The molecule has 0 bridgehead atoms. The first kappa shape index (κ1) is 19.8. The van der Waals surface area contributed by atoms with E-state index in [4.69, 9.17) is 4.74 Å². The van der Waals surface area contributed by atoms with E-state index in [1.807, 2.05) is 31.2 Å². The summed E-state index contributed by atoms with van der Waals surface area (Å²) in [5.74, 6) is 0.996. The summed E-state index contributed by atoms with van der Waals surface area (Å²) >= 11 is 0. The molecule has 1 heterocycles. The van der Waals surface area contributed by atoms with Crippen molar-refractivity contribution in [3.05, 3.63) is 53.6 Å². The normalized spacial score (nSPS) is 18.1. The third-order valence-corrected chi connectivity index (χ3v) is 6.32. The van der Waals surface area contributed by atoms with Crippen LogP contribution in [0.2, 0.25) is 0 Å². The molecule has 0 saturated carbocycles. The van der Waals surface area contributed by atoms with E-state index in [1.54, 1.807) is 7.11 Å². The standard InChI is InChI=1S/C24H31N3O2/c1-18(24(28)25-21-11-7-9-19-8-3-4-10-20(19)21)26-14-16-27(17-15-26)22-12-5-6-13-23(22)29-2/h5-7,9,11-13,18H,3-4,8,10,14-17H2,1-2H3,(H,25,28). The van der Waals surface area contributed by atoms with Crippen LogP contribution in [0, 0.1) is 0 Å². The second-order valence-electron chi connectivity index (χ2n) is 8.01. The van der Waals surface area contributed by atoms with Gasteiger partial charge in [-0.05, 0) is 61.9 Å². The van der Waals surface area contributed by atoms with E-state index < -0.39 is 0 Å². The van der Waals surface area contributed by atoms with Gasteiger partial charge in [0.05, 0.1) is 18.8 Å². The highest BCUT2D eigenvalue weighted by atomic mass is 16.5. The number of amides is 1. The molecular formula is C24H31N3O2. The number of para-hydroxylation sites is 2. The van der Waals surface area contributed by atoms with E-state index in [0.717, 1.165) is 56.1 Å². The highest BCUT2D eigenvalue weighted by Crippen LogP contribution is 2.30.